The lowest BCUT2D eigenvalue weighted by molar-refractivity contribution is 0.249. The van der Waals surface area contributed by atoms with Gasteiger partial charge in [0.25, 0.3) is 0 Å². The van der Waals surface area contributed by atoms with Gasteiger partial charge in [-0.1, -0.05) is 60.7 Å². The maximum atomic E-state index is 12.3. The number of rotatable bonds is 4. The van der Waals surface area contributed by atoms with Crippen LogP contribution in [0.3, 0.4) is 0 Å². The number of pyridine rings is 1. The molecule has 0 radical (unpaired) electrons. The van der Waals surface area contributed by atoms with Gasteiger partial charge in [-0.05, 0) is 24.6 Å². The Bertz CT molecular complexity index is 1100. The maximum absolute atomic E-state index is 12.3. The quantitative estimate of drug-likeness (QED) is 0.552. The molecule has 138 valence electrons. The highest BCUT2D eigenvalue weighted by molar-refractivity contribution is 5.89. The van der Waals surface area contributed by atoms with E-state index in [1.54, 1.807) is 18.3 Å². The van der Waals surface area contributed by atoms with Crippen LogP contribution in [0.25, 0.3) is 22.4 Å². The molecule has 2 aromatic heterocycles. The zero-order valence-electron chi connectivity index (χ0n) is 15.3. The van der Waals surface area contributed by atoms with E-state index in [1.165, 1.54) is 0 Å². The van der Waals surface area contributed by atoms with Crippen molar-refractivity contribution in [2.75, 3.05) is 5.32 Å². The normalized spacial score (nSPS) is 11.8. The highest BCUT2D eigenvalue weighted by Crippen LogP contribution is 2.19. The number of anilines is 1. The molecule has 28 heavy (non-hydrogen) atoms. The lowest BCUT2D eigenvalue weighted by atomic mass is 10.1. The first-order valence-electron chi connectivity index (χ1n) is 9.01. The summed E-state index contributed by atoms with van der Waals surface area (Å²) < 4.78 is 0. The largest absolute Gasteiger partial charge is 0.331 e. The predicted molar refractivity (Wildman–Crippen MR) is 110 cm³/mol. The molecular formula is C22H19N5O. The van der Waals surface area contributed by atoms with Crippen LogP contribution in [-0.4, -0.2) is 21.0 Å². The van der Waals surface area contributed by atoms with Crippen molar-refractivity contribution in [1.82, 2.24) is 20.3 Å². The van der Waals surface area contributed by atoms with Crippen molar-refractivity contribution in [2.24, 2.45) is 0 Å². The van der Waals surface area contributed by atoms with Gasteiger partial charge in [0.1, 0.15) is 11.3 Å². The Morgan fingerprint density at radius 1 is 0.893 bits per heavy atom. The SMILES string of the molecule is CC(NC(=O)Nc1ccc2ncc(-c3ccccc3)nc2n1)c1ccccc1. The average molecular weight is 369 g/mol. The molecule has 1 atom stereocenters. The molecule has 0 bridgehead atoms. The number of hydrogen-bond acceptors (Lipinski definition) is 4. The van der Waals surface area contributed by atoms with Gasteiger partial charge in [-0.2, -0.15) is 0 Å². The van der Waals surface area contributed by atoms with Gasteiger partial charge in [0, 0.05) is 5.56 Å². The van der Waals surface area contributed by atoms with Gasteiger partial charge in [-0.15, -0.1) is 0 Å². The molecule has 1 unspecified atom stereocenters. The summed E-state index contributed by atoms with van der Waals surface area (Å²) in [5.74, 6) is 0.421. The van der Waals surface area contributed by atoms with E-state index in [-0.39, 0.29) is 12.1 Å². The van der Waals surface area contributed by atoms with Gasteiger partial charge in [0.2, 0.25) is 0 Å². The van der Waals surface area contributed by atoms with Gasteiger partial charge in [-0.3, -0.25) is 10.3 Å². The molecule has 0 saturated heterocycles. The smallest absolute Gasteiger partial charge is 0.320 e. The van der Waals surface area contributed by atoms with E-state index >= 15 is 0 Å². The minimum atomic E-state index is -0.324. The summed E-state index contributed by atoms with van der Waals surface area (Å²) in [7, 11) is 0. The van der Waals surface area contributed by atoms with Crippen LogP contribution in [0.15, 0.2) is 79.0 Å². The topological polar surface area (TPSA) is 79.8 Å². The van der Waals surface area contributed by atoms with E-state index in [9.17, 15) is 4.79 Å². The summed E-state index contributed by atoms with van der Waals surface area (Å²) in [6.45, 7) is 1.93. The standard InChI is InChI=1S/C22H19N5O/c1-15(16-8-4-2-5-9-16)24-22(28)27-20-13-12-18-21(26-20)25-19(14-23-18)17-10-6-3-7-11-17/h2-15H,1H3,(H2,24,25,26,27,28). The highest BCUT2D eigenvalue weighted by atomic mass is 16.2. The van der Waals surface area contributed by atoms with Gasteiger partial charge in [-0.25, -0.2) is 14.8 Å². The zero-order valence-corrected chi connectivity index (χ0v) is 15.3. The number of fused-ring (bicyclic) bond motifs is 1. The molecule has 2 N–H and O–H groups in total. The zero-order chi connectivity index (χ0) is 19.3. The number of hydrogen-bond donors (Lipinski definition) is 2. The molecule has 4 aromatic rings. The van der Waals surface area contributed by atoms with E-state index in [2.05, 4.69) is 25.6 Å². The number of nitrogens with one attached hydrogen (secondary N) is 2. The molecule has 0 aliphatic carbocycles. The predicted octanol–water partition coefficient (Wildman–Crippen LogP) is 4.57. The van der Waals surface area contributed by atoms with Crippen molar-refractivity contribution >= 4 is 23.0 Å². The Kier molecular flexibility index (Phi) is 4.93. The molecular weight excluding hydrogens is 350 g/mol. The van der Waals surface area contributed by atoms with E-state index in [0.29, 0.717) is 17.0 Å². The molecule has 0 spiro atoms. The summed E-state index contributed by atoms with van der Waals surface area (Å²) in [4.78, 5) is 25.7. The number of urea groups is 1. The van der Waals surface area contributed by atoms with Crippen molar-refractivity contribution in [3.05, 3.63) is 84.6 Å². The molecule has 2 heterocycles. The Morgan fingerprint density at radius 2 is 1.61 bits per heavy atom. The number of carbonyl (C=O) groups excluding carboxylic acids is 1. The Hall–Kier alpha value is -3.80. The molecule has 6 heteroatoms. The Labute approximate surface area is 162 Å². The van der Waals surface area contributed by atoms with Crippen molar-refractivity contribution < 1.29 is 4.79 Å². The van der Waals surface area contributed by atoms with E-state index in [4.69, 9.17) is 0 Å². The molecule has 0 aliphatic heterocycles. The third kappa shape index (κ3) is 3.96. The minimum Gasteiger partial charge on any atom is -0.331 e. The van der Waals surface area contributed by atoms with Crippen molar-refractivity contribution in [2.45, 2.75) is 13.0 Å². The fourth-order valence-electron chi connectivity index (χ4n) is 2.89. The van der Waals surface area contributed by atoms with Crippen LogP contribution >= 0.6 is 0 Å². The molecule has 0 fully saturated rings. The number of carbonyl (C=O) groups is 1. The maximum Gasteiger partial charge on any atom is 0.320 e. The summed E-state index contributed by atoms with van der Waals surface area (Å²) in [6, 6.07) is 22.6. The number of benzene rings is 2. The minimum absolute atomic E-state index is 0.119. The monoisotopic (exact) mass is 369 g/mol. The Morgan fingerprint density at radius 3 is 2.36 bits per heavy atom. The third-order valence-corrected chi connectivity index (χ3v) is 4.37. The lowest BCUT2D eigenvalue weighted by Gasteiger charge is -2.14. The van der Waals surface area contributed by atoms with Crippen LogP contribution in [0.2, 0.25) is 0 Å². The molecule has 0 saturated carbocycles. The number of amides is 2. The second kappa shape index (κ2) is 7.84. The van der Waals surface area contributed by atoms with Gasteiger partial charge < -0.3 is 5.32 Å². The van der Waals surface area contributed by atoms with Gasteiger partial charge in [0.15, 0.2) is 5.65 Å². The van der Waals surface area contributed by atoms with Crippen LogP contribution in [-0.2, 0) is 0 Å². The van der Waals surface area contributed by atoms with Crippen molar-refractivity contribution in [3.63, 3.8) is 0 Å². The van der Waals surface area contributed by atoms with Gasteiger partial charge in [0.05, 0.1) is 17.9 Å². The average Bonchev–Trinajstić information content (AvgIpc) is 2.74. The highest BCUT2D eigenvalue weighted by Gasteiger charge is 2.11. The first-order valence-corrected chi connectivity index (χ1v) is 9.01. The molecule has 6 nitrogen and oxygen atoms in total. The van der Waals surface area contributed by atoms with E-state index in [0.717, 1.165) is 16.8 Å². The first-order chi connectivity index (χ1) is 13.7. The van der Waals surface area contributed by atoms with Gasteiger partial charge >= 0.3 is 6.03 Å². The third-order valence-electron chi connectivity index (χ3n) is 4.37. The van der Waals surface area contributed by atoms with Crippen LogP contribution < -0.4 is 10.6 Å². The van der Waals surface area contributed by atoms with Crippen molar-refractivity contribution in [1.29, 1.82) is 0 Å². The summed E-state index contributed by atoms with van der Waals surface area (Å²) >= 11 is 0. The molecule has 4 rings (SSSR count). The first kappa shape index (κ1) is 17.6. The van der Waals surface area contributed by atoms with Crippen molar-refractivity contribution in [3.8, 4) is 11.3 Å². The second-order valence-electron chi connectivity index (χ2n) is 6.39. The summed E-state index contributed by atoms with van der Waals surface area (Å²) in [5.41, 5.74) is 3.88. The van der Waals surface area contributed by atoms with Crippen LogP contribution in [0, 0.1) is 0 Å². The Balaban J connectivity index is 1.51. The fraction of sp³-hybridized carbons (Fsp3) is 0.0909. The number of aromatic nitrogens is 3. The number of nitrogens with zero attached hydrogens (tertiary/aromatic N) is 3. The van der Waals surface area contributed by atoms with Crippen LogP contribution in [0.4, 0.5) is 10.6 Å². The molecule has 0 aliphatic rings. The molecule has 2 aromatic carbocycles. The lowest BCUT2D eigenvalue weighted by Crippen LogP contribution is -2.31. The second-order valence-corrected chi connectivity index (χ2v) is 6.39. The summed E-state index contributed by atoms with van der Waals surface area (Å²) in [5, 5.41) is 5.67. The van der Waals surface area contributed by atoms with Crippen LogP contribution in [0.1, 0.15) is 18.5 Å². The van der Waals surface area contributed by atoms with E-state index in [1.807, 2.05) is 67.6 Å². The fourth-order valence-corrected chi connectivity index (χ4v) is 2.89. The van der Waals surface area contributed by atoms with E-state index < -0.39 is 0 Å². The van der Waals surface area contributed by atoms with Crippen LogP contribution in [0.5, 0.6) is 0 Å². The summed E-state index contributed by atoms with van der Waals surface area (Å²) in [6.07, 6.45) is 1.72. The molecule has 2 amide bonds.